The highest BCUT2D eigenvalue weighted by molar-refractivity contribution is 5.98. The van der Waals surface area contributed by atoms with Crippen LogP contribution in [0.4, 0.5) is 14.9 Å². The van der Waals surface area contributed by atoms with Gasteiger partial charge in [-0.25, -0.2) is 18.5 Å². The molecule has 8 heteroatoms. The van der Waals surface area contributed by atoms with Crippen LogP contribution in [0.5, 0.6) is 0 Å². The minimum absolute atomic E-state index is 0.0141. The van der Waals surface area contributed by atoms with Crippen molar-refractivity contribution < 1.29 is 23.8 Å². The zero-order chi connectivity index (χ0) is 17.4. The smallest absolute Gasteiger partial charge is 0.412 e. The summed E-state index contributed by atoms with van der Waals surface area (Å²) in [5.41, 5.74) is -0.382. The van der Waals surface area contributed by atoms with Crippen LogP contribution in [0.15, 0.2) is 12.3 Å². The molecule has 0 radical (unpaired) electrons. The number of carbonyl (C=O) groups excluding carboxylic acids is 1. The fourth-order valence-electron chi connectivity index (χ4n) is 2.11. The fourth-order valence-corrected chi connectivity index (χ4v) is 2.11. The molecule has 2 N–H and O–H groups in total. The first-order valence-corrected chi connectivity index (χ1v) is 7.06. The molecule has 0 aliphatic carbocycles. The second kappa shape index (κ2) is 5.86. The molecule has 2 rings (SSSR count). The summed E-state index contributed by atoms with van der Waals surface area (Å²) in [5.74, 6) is -1.91. The van der Waals surface area contributed by atoms with Crippen molar-refractivity contribution in [3.05, 3.63) is 29.3 Å². The summed E-state index contributed by atoms with van der Waals surface area (Å²) in [6, 6.07) is 1.23. The van der Waals surface area contributed by atoms with Gasteiger partial charge in [0.1, 0.15) is 11.2 Å². The van der Waals surface area contributed by atoms with Crippen molar-refractivity contribution in [3.63, 3.8) is 0 Å². The van der Waals surface area contributed by atoms with Gasteiger partial charge in [-0.2, -0.15) is 5.10 Å². The standard InChI is InChI=1S/C15H18FN3O4/c1-5-9-12(13(20)21)11-6-10(8(16)7-19(11)18-9)17-14(22)23-15(2,3)4/h6-7H,5H2,1-4H3,(H,17,22)(H,20,21). The number of carbonyl (C=O) groups is 2. The van der Waals surface area contributed by atoms with E-state index in [9.17, 15) is 19.1 Å². The molecule has 0 saturated carbocycles. The number of hydrogen-bond acceptors (Lipinski definition) is 4. The number of nitrogens with one attached hydrogen (secondary N) is 1. The Balaban J connectivity index is 2.45. The number of aromatic carboxylic acids is 1. The van der Waals surface area contributed by atoms with Gasteiger partial charge in [-0.15, -0.1) is 0 Å². The molecule has 124 valence electrons. The maximum Gasteiger partial charge on any atom is 0.412 e. The summed E-state index contributed by atoms with van der Waals surface area (Å²) in [6.45, 7) is 6.79. The van der Waals surface area contributed by atoms with Crippen LogP contribution in [0.1, 0.15) is 43.7 Å². The van der Waals surface area contributed by atoms with Gasteiger partial charge in [-0.3, -0.25) is 5.32 Å². The maximum atomic E-state index is 14.1. The van der Waals surface area contributed by atoms with Crippen molar-refractivity contribution in [2.45, 2.75) is 39.7 Å². The van der Waals surface area contributed by atoms with E-state index in [0.717, 1.165) is 10.7 Å². The van der Waals surface area contributed by atoms with Gasteiger partial charge in [0, 0.05) is 0 Å². The summed E-state index contributed by atoms with van der Waals surface area (Å²) >= 11 is 0. The minimum atomic E-state index is -1.16. The van der Waals surface area contributed by atoms with Gasteiger partial charge in [0.15, 0.2) is 5.82 Å². The van der Waals surface area contributed by atoms with Crippen LogP contribution in [-0.4, -0.2) is 32.4 Å². The van der Waals surface area contributed by atoms with Crippen molar-refractivity contribution in [2.24, 2.45) is 0 Å². The van der Waals surface area contributed by atoms with Gasteiger partial charge in [-0.05, 0) is 33.3 Å². The van der Waals surface area contributed by atoms with Crippen LogP contribution >= 0.6 is 0 Å². The Labute approximate surface area is 132 Å². The second-order valence-electron chi connectivity index (χ2n) is 5.97. The molecule has 0 atom stereocenters. The van der Waals surface area contributed by atoms with Crippen molar-refractivity contribution in [1.29, 1.82) is 0 Å². The van der Waals surface area contributed by atoms with E-state index >= 15 is 0 Å². The van der Waals surface area contributed by atoms with E-state index in [2.05, 4.69) is 10.4 Å². The molecule has 1 amide bonds. The first kappa shape index (κ1) is 16.7. The van der Waals surface area contributed by atoms with E-state index < -0.39 is 23.5 Å². The molecule has 2 aromatic rings. The van der Waals surface area contributed by atoms with Gasteiger partial charge in [0.05, 0.1) is 23.1 Å². The number of carboxylic acids is 1. The van der Waals surface area contributed by atoms with E-state index in [-0.39, 0.29) is 16.8 Å². The number of anilines is 1. The zero-order valence-electron chi connectivity index (χ0n) is 13.3. The van der Waals surface area contributed by atoms with Gasteiger partial charge in [0.2, 0.25) is 0 Å². The lowest BCUT2D eigenvalue weighted by molar-refractivity contribution is 0.0633. The third-order valence-electron chi connectivity index (χ3n) is 2.98. The first-order valence-electron chi connectivity index (χ1n) is 7.06. The number of rotatable bonds is 3. The van der Waals surface area contributed by atoms with Crippen molar-refractivity contribution in [3.8, 4) is 0 Å². The summed E-state index contributed by atoms with van der Waals surface area (Å²) in [5, 5.41) is 15.6. The second-order valence-corrected chi connectivity index (χ2v) is 5.97. The lowest BCUT2D eigenvalue weighted by Crippen LogP contribution is -2.27. The number of hydrogen-bond donors (Lipinski definition) is 2. The van der Waals surface area contributed by atoms with E-state index in [0.29, 0.717) is 12.1 Å². The number of carboxylic acid groups (broad SMARTS) is 1. The molecule has 0 aromatic carbocycles. The minimum Gasteiger partial charge on any atom is -0.478 e. The molecule has 0 spiro atoms. The van der Waals surface area contributed by atoms with Gasteiger partial charge < -0.3 is 9.84 Å². The van der Waals surface area contributed by atoms with Gasteiger partial charge in [-0.1, -0.05) is 6.92 Å². The molecule has 0 aliphatic rings. The lowest BCUT2D eigenvalue weighted by atomic mass is 10.1. The topological polar surface area (TPSA) is 92.9 Å². The predicted octanol–water partition coefficient (Wildman–Crippen LogP) is 3.08. The highest BCUT2D eigenvalue weighted by Crippen LogP contribution is 2.23. The number of fused-ring (bicyclic) bond motifs is 1. The lowest BCUT2D eigenvalue weighted by Gasteiger charge is -2.19. The van der Waals surface area contributed by atoms with Crippen molar-refractivity contribution in [2.75, 3.05) is 5.32 Å². The average Bonchev–Trinajstić information content (AvgIpc) is 2.74. The quantitative estimate of drug-likeness (QED) is 0.905. The molecular formula is C15H18FN3O4. The Kier molecular flexibility index (Phi) is 4.26. The third-order valence-corrected chi connectivity index (χ3v) is 2.98. The number of amides is 1. The Morgan fingerprint density at radius 3 is 2.61 bits per heavy atom. The Morgan fingerprint density at radius 1 is 1.43 bits per heavy atom. The van der Waals surface area contributed by atoms with Crippen LogP contribution in [0, 0.1) is 5.82 Å². The monoisotopic (exact) mass is 323 g/mol. The van der Waals surface area contributed by atoms with Crippen LogP contribution in [-0.2, 0) is 11.2 Å². The number of ether oxygens (including phenoxy) is 1. The SMILES string of the molecule is CCc1nn2cc(F)c(NC(=O)OC(C)(C)C)cc2c1C(=O)O. The number of pyridine rings is 1. The Hall–Kier alpha value is -2.64. The van der Waals surface area contributed by atoms with E-state index in [1.807, 2.05) is 0 Å². The van der Waals surface area contributed by atoms with E-state index in [4.69, 9.17) is 4.74 Å². The number of aromatic nitrogens is 2. The largest absolute Gasteiger partial charge is 0.478 e. The van der Waals surface area contributed by atoms with E-state index in [1.54, 1.807) is 27.7 Å². The molecular weight excluding hydrogens is 305 g/mol. The predicted molar refractivity (Wildman–Crippen MR) is 81.3 cm³/mol. The maximum absolute atomic E-state index is 14.1. The summed E-state index contributed by atoms with van der Waals surface area (Å²) in [6.07, 6.45) is 0.584. The Morgan fingerprint density at radius 2 is 2.09 bits per heavy atom. The third kappa shape index (κ3) is 3.58. The highest BCUT2D eigenvalue weighted by atomic mass is 19.1. The molecule has 7 nitrogen and oxygen atoms in total. The van der Waals surface area contributed by atoms with Gasteiger partial charge in [0.25, 0.3) is 0 Å². The molecule has 0 unspecified atom stereocenters. The summed E-state index contributed by atoms with van der Waals surface area (Å²) in [7, 11) is 0. The van der Waals surface area contributed by atoms with Crippen molar-refractivity contribution >= 4 is 23.3 Å². The molecule has 23 heavy (non-hydrogen) atoms. The zero-order valence-corrected chi connectivity index (χ0v) is 13.3. The summed E-state index contributed by atoms with van der Waals surface area (Å²) < 4.78 is 20.3. The molecule has 0 fully saturated rings. The first-order chi connectivity index (χ1) is 10.6. The molecule has 0 saturated heterocycles. The number of aryl methyl sites for hydroxylation is 1. The Bertz CT molecular complexity index is 777. The van der Waals surface area contributed by atoms with E-state index in [1.165, 1.54) is 6.07 Å². The van der Waals surface area contributed by atoms with Crippen LogP contribution in [0.2, 0.25) is 0 Å². The van der Waals surface area contributed by atoms with Gasteiger partial charge >= 0.3 is 12.1 Å². The molecule has 2 aromatic heterocycles. The number of nitrogens with zero attached hydrogens (tertiary/aromatic N) is 2. The normalized spacial score (nSPS) is 11.5. The van der Waals surface area contributed by atoms with Crippen LogP contribution in [0.25, 0.3) is 5.52 Å². The summed E-state index contributed by atoms with van der Waals surface area (Å²) in [4.78, 5) is 23.2. The van der Waals surface area contributed by atoms with Crippen LogP contribution < -0.4 is 5.32 Å². The van der Waals surface area contributed by atoms with Crippen LogP contribution in [0.3, 0.4) is 0 Å². The fraction of sp³-hybridized carbons (Fsp3) is 0.400. The molecule has 0 aliphatic heterocycles. The molecule has 0 bridgehead atoms. The van der Waals surface area contributed by atoms with Crippen molar-refractivity contribution in [1.82, 2.24) is 9.61 Å². The number of halogens is 1. The molecule has 2 heterocycles. The average molecular weight is 323 g/mol. The highest BCUT2D eigenvalue weighted by Gasteiger charge is 2.22.